The van der Waals surface area contributed by atoms with Crippen molar-refractivity contribution in [3.05, 3.63) is 29.8 Å². The number of methoxy groups -OCH3 is 1. The molecule has 2 rings (SSSR count). The van der Waals surface area contributed by atoms with E-state index >= 15 is 0 Å². The Morgan fingerprint density at radius 2 is 1.95 bits per heavy atom. The molecule has 0 N–H and O–H groups in total. The quantitative estimate of drug-likeness (QED) is 0.459. The van der Waals surface area contributed by atoms with Crippen LogP contribution in [0.5, 0.6) is 5.75 Å². The Morgan fingerprint density at radius 1 is 1.27 bits per heavy atom. The second-order valence-corrected chi connectivity index (χ2v) is 5.61. The van der Waals surface area contributed by atoms with E-state index in [1.807, 2.05) is 19.1 Å². The minimum absolute atomic E-state index is 0.146. The highest BCUT2D eigenvalue weighted by atomic mass is 16.7. The molecule has 1 aromatic rings. The highest BCUT2D eigenvalue weighted by Gasteiger charge is 2.32. The van der Waals surface area contributed by atoms with E-state index in [1.165, 1.54) is 0 Å². The van der Waals surface area contributed by atoms with E-state index < -0.39 is 5.97 Å². The van der Waals surface area contributed by atoms with E-state index in [4.69, 9.17) is 14.3 Å². The molecule has 1 fully saturated rings. The van der Waals surface area contributed by atoms with Crippen molar-refractivity contribution in [3.63, 3.8) is 0 Å². The van der Waals surface area contributed by atoms with Crippen LogP contribution in [0, 0.1) is 0 Å². The molecule has 22 heavy (non-hydrogen) atoms. The fraction of sp³-hybridized carbons (Fsp3) is 0.529. The van der Waals surface area contributed by atoms with Gasteiger partial charge in [0.25, 0.3) is 0 Å². The number of hydrogen-bond acceptors (Lipinski definition) is 5. The van der Waals surface area contributed by atoms with E-state index in [2.05, 4.69) is 5.16 Å². The van der Waals surface area contributed by atoms with Crippen molar-refractivity contribution in [2.75, 3.05) is 13.7 Å². The van der Waals surface area contributed by atoms with E-state index in [0.717, 1.165) is 25.7 Å². The first kappa shape index (κ1) is 16.3. The first-order valence-electron chi connectivity index (χ1n) is 7.66. The van der Waals surface area contributed by atoms with Crippen LogP contribution in [0.15, 0.2) is 29.4 Å². The molecule has 0 saturated heterocycles. The van der Waals surface area contributed by atoms with Crippen LogP contribution in [0.1, 0.15) is 45.1 Å². The molecule has 0 aliphatic heterocycles. The zero-order chi connectivity index (χ0) is 16.0. The number of ether oxygens (including phenoxy) is 2. The van der Waals surface area contributed by atoms with Crippen molar-refractivity contribution in [3.8, 4) is 5.75 Å². The van der Waals surface area contributed by atoms with Gasteiger partial charge in [-0.05, 0) is 51.7 Å². The average Bonchev–Trinajstić information content (AvgIpc) is 2.95. The van der Waals surface area contributed by atoms with Gasteiger partial charge in [0, 0.05) is 0 Å². The second kappa shape index (κ2) is 7.29. The van der Waals surface area contributed by atoms with Gasteiger partial charge in [0.05, 0.1) is 19.3 Å². The molecule has 120 valence electrons. The van der Waals surface area contributed by atoms with Gasteiger partial charge >= 0.3 is 5.97 Å². The summed E-state index contributed by atoms with van der Waals surface area (Å²) in [6.07, 6.45) is 4.13. The van der Waals surface area contributed by atoms with Gasteiger partial charge in [0.15, 0.2) is 5.71 Å². The Bertz CT molecular complexity index is 547. The zero-order valence-electron chi connectivity index (χ0n) is 13.4. The summed E-state index contributed by atoms with van der Waals surface area (Å²) in [5, 5.41) is 4.14. The monoisotopic (exact) mass is 305 g/mol. The van der Waals surface area contributed by atoms with Gasteiger partial charge in [-0.25, -0.2) is 4.79 Å². The Morgan fingerprint density at radius 3 is 2.59 bits per heavy atom. The first-order chi connectivity index (χ1) is 10.6. The second-order valence-electron chi connectivity index (χ2n) is 5.61. The fourth-order valence-electron chi connectivity index (χ4n) is 2.61. The van der Waals surface area contributed by atoms with Crippen LogP contribution in [0.4, 0.5) is 0 Å². The number of hydrogen-bond donors (Lipinski definition) is 0. The largest absolute Gasteiger partial charge is 0.496 e. The minimum Gasteiger partial charge on any atom is -0.496 e. The van der Waals surface area contributed by atoms with E-state index in [9.17, 15) is 4.79 Å². The Kier molecular flexibility index (Phi) is 5.41. The zero-order valence-corrected chi connectivity index (χ0v) is 13.4. The average molecular weight is 305 g/mol. The molecule has 0 radical (unpaired) electrons. The summed E-state index contributed by atoms with van der Waals surface area (Å²) < 4.78 is 10.4. The van der Waals surface area contributed by atoms with Crippen LogP contribution < -0.4 is 4.74 Å². The molecule has 1 saturated carbocycles. The third kappa shape index (κ3) is 3.78. The van der Waals surface area contributed by atoms with Gasteiger partial charge in [0.1, 0.15) is 11.4 Å². The first-order valence-corrected chi connectivity index (χ1v) is 7.66. The molecule has 1 aromatic carbocycles. The van der Waals surface area contributed by atoms with Crippen molar-refractivity contribution in [1.82, 2.24) is 0 Å². The molecule has 0 bridgehead atoms. The summed E-state index contributed by atoms with van der Waals surface area (Å²) in [5.74, 6) is 0.0584. The smallest absolute Gasteiger partial charge is 0.361 e. The topological polar surface area (TPSA) is 57.1 Å². The maximum atomic E-state index is 12.2. The summed E-state index contributed by atoms with van der Waals surface area (Å²) in [5.41, 5.74) is 0.414. The van der Waals surface area contributed by atoms with Crippen molar-refractivity contribution in [2.24, 2.45) is 5.16 Å². The van der Waals surface area contributed by atoms with E-state index in [0.29, 0.717) is 11.3 Å². The highest BCUT2D eigenvalue weighted by Crippen LogP contribution is 2.33. The fourth-order valence-corrected chi connectivity index (χ4v) is 2.61. The van der Waals surface area contributed by atoms with Gasteiger partial charge in [0.2, 0.25) is 0 Å². The molecule has 0 aromatic heterocycles. The normalized spacial score (nSPS) is 17.1. The van der Waals surface area contributed by atoms with Crippen molar-refractivity contribution < 1.29 is 19.1 Å². The third-order valence-electron chi connectivity index (χ3n) is 3.85. The van der Waals surface area contributed by atoms with Crippen LogP contribution in [0.3, 0.4) is 0 Å². The Hall–Kier alpha value is -2.04. The van der Waals surface area contributed by atoms with Crippen molar-refractivity contribution in [1.29, 1.82) is 0 Å². The Labute approximate surface area is 131 Å². The summed E-state index contributed by atoms with van der Waals surface area (Å²) >= 11 is 0. The molecule has 0 atom stereocenters. The van der Waals surface area contributed by atoms with Gasteiger partial charge in [-0.2, -0.15) is 0 Å². The van der Waals surface area contributed by atoms with Gasteiger partial charge in [-0.3, -0.25) is 0 Å². The molecule has 5 nitrogen and oxygen atoms in total. The predicted octanol–water partition coefficient (Wildman–Crippen LogP) is 3.31. The SMILES string of the molecule is CCOC(=O)C(=NOC1(C)CCCC1)c1ccccc1OC. The number of carbonyl (C=O) groups excluding carboxylic acids is 1. The molecule has 0 unspecified atom stereocenters. The summed E-state index contributed by atoms with van der Waals surface area (Å²) in [7, 11) is 1.56. The summed E-state index contributed by atoms with van der Waals surface area (Å²) in [4.78, 5) is 17.9. The van der Waals surface area contributed by atoms with Crippen LogP contribution in [0.2, 0.25) is 0 Å². The third-order valence-corrected chi connectivity index (χ3v) is 3.85. The molecule has 5 heteroatoms. The molecule has 1 aliphatic carbocycles. The van der Waals surface area contributed by atoms with Crippen molar-refractivity contribution >= 4 is 11.7 Å². The molecular weight excluding hydrogens is 282 g/mol. The summed E-state index contributed by atoms with van der Waals surface area (Å²) in [6.45, 7) is 4.07. The van der Waals surface area contributed by atoms with Crippen LogP contribution in [0.25, 0.3) is 0 Å². The van der Waals surface area contributed by atoms with E-state index in [-0.39, 0.29) is 17.9 Å². The molecule has 0 spiro atoms. The highest BCUT2D eigenvalue weighted by molar-refractivity contribution is 6.43. The lowest BCUT2D eigenvalue weighted by Gasteiger charge is -2.21. The number of oxime groups is 1. The molecule has 0 amide bonds. The Balaban J connectivity index is 2.31. The lowest BCUT2D eigenvalue weighted by atomic mass is 10.1. The standard InChI is InChI=1S/C17H23NO4/c1-4-21-16(19)15(13-9-5-6-10-14(13)20-3)18-22-17(2)11-7-8-12-17/h5-6,9-10H,4,7-8,11-12H2,1-3H3. The number of rotatable bonds is 6. The number of para-hydroxylation sites is 1. The lowest BCUT2D eigenvalue weighted by molar-refractivity contribution is -0.135. The number of benzene rings is 1. The molecular formula is C17H23NO4. The maximum Gasteiger partial charge on any atom is 0.361 e. The number of nitrogens with zero attached hydrogens (tertiary/aromatic N) is 1. The number of carbonyl (C=O) groups is 1. The summed E-state index contributed by atoms with van der Waals surface area (Å²) in [6, 6.07) is 7.21. The van der Waals surface area contributed by atoms with Crippen LogP contribution in [-0.2, 0) is 14.4 Å². The van der Waals surface area contributed by atoms with Gasteiger partial charge in [-0.1, -0.05) is 17.3 Å². The minimum atomic E-state index is -0.506. The number of esters is 1. The van der Waals surface area contributed by atoms with Gasteiger partial charge in [-0.15, -0.1) is 0 Å². The van der Waals surface area contributed by atoms with Gasteiger partial charge < -0.3 is 14.3 Å². The molecule has 1 aliphatic rings. The predicted molar refractivity (Wildman–Crippen MR) is 84.1 cm³/mol. The lowest BCUT2D eigenvalue weighted by Crippen LogP contribution is -2.25. The van der Waals surface area contributed by atoms with E-state index in [1.54, 1.807) is 26.2 Å². The van der Waals surface area contributed by atoms with Crippen molar-refractivity contribution in [2.45, 2.75) is 45.1 Å². The maximum absolute atomic E-state index is 12.2. The van der Waals surface area contributed by atoms with Crippen LogP contribution in [-0.4, -0.2) is 31.0 Å². The molecule has 0 heterocycles. The van der Waals surface area contributed by atoms with Crippen LogP contribution >= 0.6 is 0 Å².